The summed E-state index contributed by atoms with van der Waals surface area (Å²) in [5, 5.41) is 16.1. The maximum Gasteiger partial charge on any atom is 0.251 e. The molecular formula is C19H28N2O3. The van der Waals surface area contributed by atoms with Gasteiger partial charge in [-0.1, -0.05) is 19.8 Å². The van der Waals surface area contributed by atoms with E-state index < -0.39 is 5.60 Å². The van der Waals surface area contributed by atoms with Gasteiger partial charge in [0.1, 0.15) is 0 Å². The molecule has 1 fully saturated rings. The topological polar surface area (TPSA) is 78.4 Å². The van der Waals surface area contributed by atoms with Gasteiger partial charge < -0.3 is 15.7 Å². The Morgan fingerprint density at radius 1 is 1.29 bits per heavy atom. The Kier molecular flexibility index (Phi) is 5.99. The quantitative estimate of drug-likeness (QED) is 0.749. The van der Waals surface area contributed by atoms with Gasteiger partial charge in [0.05, 0.1) is 12.0 Å². The molecule has 132 valence electrons. The van der Waals surface area contributed by atoms with Crippen molar-refractivity contribution in [3.63, 3.8) is 0 Å². The second-order valence-corrected chi connectivity index (χ2v) is 6.97. The lowest BCUT2D eigenvalue weighted by Crippen LogP contribution is -2.32. The molecule has 1 aromatic rings. The third kappa shape index (κ3) is 4.81. The van der Waals surface area contributed by atoms with Gasteiger partial charge in [0.25, 0.3) is 5.91 Å². The van der Waals surface area contributed by atoms with Crippen LogP contribution in [0.25, 0.3) is 0 Å². The highest BCUT2D eigenvalue weighted by atomic mass is 16.3. The van der Waals surface area contributed by atoms with Crippen molar-refractivity contribution in [2.75, 3.05) is 5.32 Å². The smallest absolute Gasteiger partial charge is 0.251 e. The number of carbonyl (C=O) groups is 2. The van der Waals surface area contributed by atoms with Crippen LogP contribution in [-0.2, 0) is 4.79 Å². The average molecular weight is 332 g/mol. The number of anilines is 1. The van der Waals surface area contributed by atoms with Crippen molar-refractivity contribution in [3.05, 3.63) is 29.3 Å². The summed E-state index contributed by atoms with van der Waals surface area (Å²) in [5.41, 5.74) is 1.24. The maximum atomic E-state index is 12.2. The molecule has 0 aliphatic heterocycles. The van der Waals surface area contributed by atoms with Gasteiger partial charge in [0.15, 0.2) is 0 Å². The summed E-state index contributed by atoms with van der Waals surface area (Å²) in [7, 11) is 0. The molecule has 2 rings (SSSR count). The van der Waals surface area contributed by atoms with Crippen molar-refractivity contribution in [3.8, 4) is 0 Å². The molecule has 0 spiro atoms. The minimum atomic E-state index is -0.853. The van der Waals surface area contributed by atoms with E-state index in [1.54, 1.807) is 18.2 Å². The van der Waals surface area contributed by atoms with E-state index in [-0.39, 0.29) is 24.3 Å². The number of aryl methyl sites for hydroxylation is 1. The van der Waals surface area contributed by atoms with Crippen LogP contribution in [0.1, 0.15) is 68.3 Å². The van der Waals surface area contributed by atoms with Crippen LogP contribution in [-0.4, -0.2) is 28.6 Å². The van der Waals surface area contributed by atoms with Crippen LogP contribution >= 0.6 is 0 Å². The molecule has 24 heavy (non-hydrogen) atoms. The summed E-state index contributed by atoms with van der Waals surface area (Å²) in [6.07, 6.45) is 4.33. The highest BCUT2D eigenvalue weighted by Gasteiger charge is 2.33. The minimum Gasteiger partial charge on any atom is -0.389 e. The lowest BCUT2D eigenvalue weighted by molar-refractivity contribution is -0.120. The lowest BCUT2D eigenvalue weighted by Gasteiger charge is -2.21. The van der Waals surface area contributed by atoms with Crippen molar-refractivity contribution in [1.82, 2.24) is 5.32 Å². The van der Waals surface area contributed by atoms with Crippen LogP contribution in [0.4, 0.5) is 5.69 Å². The fraction of sp³-hybridized carbons (Fsp3) is 0.579. The minimum absolute atomic E-state index is 0.106. The van der Waals surface area contributed by atoms with E-state index in [0.717, 1.165) is 24.8 Å². The van der Waals surface area contributed by atoms with Crippen LogP contribution in [0.3, 0.4) is 0 Å². The number of carbonyl (C=O) groups excluding carboxylic acids is 2. The fourth-order valence-corrected chi connectivity index (χ4v) is 3.06. The highest BCUT2D eigenvalue weighted by Crippen LogP contribution is 2.32. The first kappa shape index (κ1) is 18.5. The molecule has 5 heteroatoms. The summed E-state index contributed by atoms with van der Waals surface area (Å²) in [6, 6.07) is 5.36. The van der Waals surface area contributed by atoms with Crippen LogP contribution in [0.2, 0.25) is 0 Å². The number of rotatable bonds is 6. The molecule has 0 aromatic heterocycles. The Labute approximate surface area is 143 Å². The van der Waals surface area contributed by atoms with Crippen LogP contribution < -0.4 is 10.6 Å². The van der Waals surface area contributed by atoms with Gasteiger partial charge in [-0.2, -0.15) is 0 Å². The largest absolute Gasteiger partial charge is 0.389 e. The standard InChI is InChI=1S/C19H28N2O3/c1-4-14(3)20-18(23)15-7-8-16(13(2)11-15)21-17(22)12-19(24)9-5-6-10-19/h7-8,11,14,24H,4-6,9-10,12H2,1-3H3,(H,20,23)(H,21,22)/t14-/m0/s1. The number of hydrogen-bond donors (Lipinski definition) is 3. The van der Waals surface area contributed by atoms with Crippen molar-refractivity contribution >= 4 is 17.5 Å². The molecule has 5 nitrogen and oxygen atoms in total. The molecule has 1 aliphatic rings. The zero-order chi connectivity index (χ0) is 17.7. The van der Waals surface area contributed by atoms with Crippen molar-refractivity contribution in [2.45, 2.75) is 70.9 Å². The SMILES string of the molecule is CC[C@H](C)NC(=O)c1ccc(NC(=O)CC2(O)CCCC2)c(C)c1. The Hall–Kier alpha value is -1.88. The van der Waals surface area contributed by atoms with Gasteiger partial charge in [0, 0.05) is 17.3 Å². The Morgan fingerprint density at radius 2 is 1.96 bits per heavy atom. The normalized spacial score (nSPS) is 17.3. The van der Waals surface area contributed by atoms with E-state index in [2.05, 4.69) is 10.6 Å². The predicted octanol–water partition coefficient (Wildman–Crippen LogP) is 3.16. The lowest BCUT2D eigenvalue weighted by atomic mass is 9.97. The molecular weight excluding hydrogens is 304 g/mol. The van der Waals surface area contributed by atoms with E-state index in [4.69, 9.17) is 0 Å². The van der Waals surface area contributed by atoms with Gasteiger partial charge >= 0.3 is 0 Å². The van der Waals surface area contributed by atoms with Crippen LogP contribution in [0.5, 0.6) is 0 Å². The van der Waals surface area contributed by atoms with Gasteiger partial charge in [0.2, 0.25) is 5.91 Å². The summed E-state index contributed by atoms with van der Waals surface area (Å²) >= 11 is 0. The molecule has 1 aliphatic carbocycles. The maximum absolute atomic E-state index is 12.2. The second-order valence-electron chi connectivity index (χ2n) is 6.97. The fourth-order valence-electron chi connectivity index (χ4n) is 3.06. The van der Waals surface area contributed by atoms with Gasteiger partial charge in [-0.3, -0.25) is 9.59 Å². The van der Waals surface area contributed by atoms with E-state index in [9.17, 15) is 14.7 Å². The van der Waals surface area contributed by atoms with Gasteiger partial charge in [-0.25, -0.2) is 0 Å². The van der Waals surface area contributed by atoms with Gasteiger partial charge in [-0.15, -0.1) is 0 Å². The third-order valence-corrected chi connectivity index (χ3v) is 4.78. The number of aliphatic hydroxyl groups is 1. The Bertz CT molecular complexity index is 607. The first-order valence-electron chi connectivity index (χ1n) is 8.77. The van der Waals surface area contributed by atoms with E-state index in [1.807, 2.05) is 20.8 Å². The molecule has 1 aromatic carbocycles. The predicted molar refractivity (Wildman–Crippen MR) is 95.1 cm³/mol. The molecule has 0 unspecified atom stereocenters. The monoisotopic (exact) mass is 332 g/mol. The first-order chi connectivity index (χ1) is 11.3. The molecule has 2 amide bonds. The van der Waals surface area contributed by atoms with Crippen molar-refractivity contribution < 1.29 is 14.7 Å². The molecule has 0 saturated heterocycles. The third-order valence-electron chi connectivity index (χ3n) is 4.78. The van der Waals surface area contributed by atoms with Crippen LogP contribution in [0, 0.1) is 6.92 Å². The Balaban J connectivity index is 1.99. The second kappa shape index (κ2) is 7.79. The molecule has 0 heterocycles. The van der Waals surface area contributed by atoms with Gasteiger partial charge in [-0.05, 0) is 56.9 Å². The first-order valence-corrected chi connectivity index (χ1v) is 8.77. The molecule has 1 saturated carbocycles. The van der Waals surface area contributed by atoms with Crippen LogP contribution in [0.15, 0.2) is 18.2 Å². The summed E-state index contributed by atoms with van der Waals surface area (Å²) < 4.78 is 0. The summed E-state index contributed by atoms with van der Waals surface area (Å²) in [4.78, 5) is 24.3. The highest BCUT2D eigenvalue weighted by molar-refractivity contribution is 5.96. The van der Waals surface area contributed by atoms with E-state index in [0.29, 0.717) is 24.1 Å². The number of benzene rings is 1. The zero-order valence-corrected chi connectivity index (χ0v) is 14.8. The van der Waals surface area contributed by atoms with Crippen molar-refractivity contribution in [2.24, 2.45) is 0 Å². The van der Waals surface area contributed by atoms with E-state index >= 15 is 0 Å². The Morgan fingerprint density at radius 3 is 2.54 bits per heavy atom. The number of amides is 2. The van der Waals surface area contributed by atoms with E-state index in [1.165, 1.54) is 0 Å². The summed E-state index contributed by atoms with van der Waals surface area (Å²) in [5.74, 6) is -0.287. The molecule has 3 N–H and O–H groups in total. The zero-order valence-electron chi connectivity index (χ0n) is 14.8. The molecule has 0 radical (unpaired) electrons. The molecule has 0 bridgehead atoms. The number of nitrogens with one attached hydrogen (secondary N) is 2. The van der Waals surface area contributed by atoms with Crippen molar-refractivity contribution in [1.29, 1.82) is 0 Å². The average Bonchev–Trinajstić information content (AvgIpc) is 2.95. The molecule has 1 atom stereocenters. The number of hydrogen-bond acceptors (Lipinski definition) is 3. The summed E-state index contributed by atoms with van der Waals surface area (Å²) in [6.45, 7) is 5.85.